The molecule has 2 aromatic carbocycles. The maximum absolute atomic E-state index is 12.5. The van der Waals surface area contributed by atoms with Crippen LogP contribution in [0.4, 0.5) is 5.69 Å². The normalized spacial score (nSPS) is 11.7. The van der Waals surface area contributed by atoms with Crippen LogP contribution in [0.15, 0.2) is 54.6 Å². The lowest BCUT2D eigenvalue weighted by Crippen LogP contribution is -2.39. The fraction of sp³-hybridized carbons (Fsp3) is 0.348. The molecule has 0 fully saturated rings. The van der Waals surface area contributed by atoms with Gasteiger partial charge >= 0.3 is 11.8 Å². The molecular weight excluding hydrogens is 382 g/mol. The van der Waals surface area contributed by atoms with Gasteiger partial charge in [-0.3, -0.25) is 14.4 Å². The van der Waals surface area contributed by atoms with Gasteiger partial charge in [0.2, 0.25) is 0 Å². The van der Waals surface area contributed by atoms with E-state index < -0.39 is 11.8 Å². The Bertz CT molecular complexity index is 837. The summed E-state index contributed by atoms with van der Waals surface area (Å²) in [6.45, 7) is 3.61. The maximum Gasteiger partial charge on any atom is 0.313 e. The molecule has 30 heavy (non-hydrogen) atoms. The third kappa shape index (κ3) is 7.42. The molecular formula is C23H29N3O4. The van der Waals surface area contributed by atoms with Gasteiger partial charge in [0.25, 0.3) is 0 Å². The molecule has 0 aromatic heterocycles. The third-order valence-corrected chi connectivity index (χ3v) is 4.74. The van der Waals surface area contributed by atoms with Crippen LogP contribution in [-0.4, -0.2) is 56.4 Å². The van der Waals surface area contributed by atoms with Crippen molar-refractivity contribution in [2.24, 2.45) is 0 Å². The lowest BCUT2D eigenvalue weighted by molar-refractivity contribution is -0.136. The van der Waals surface area contributed by atoms with Crippen molar-refractivity contribution < 1.29 is 19.1 Å². The Balaban J connectivity index is 2.00. The van der Waals surface area contributed by atoms with Crippen molar-refractivity contribution in [1.29, 1.82) is 0 Å². The van der Waals surface area contributed by atoms with E-state index in [1.165, 1.54) is 6.92 Å². The number of nitrogens with zero attached hydrogens (tertiary/aromatic N) is 1. The van der Waals surface area contributed by atoms with E-state index in [2.05, 4.69) is 15.5 Å². The first kappa shape index (κ1) is 23.3. The Labute approximate surface area is 177 Å². The quantitative estimate of drug-likeness (QED) is 0.464. The molecule has 2 aromatic rings. The van der Waals surface area contributed by atoms with Crippen LogP contribution in [0.25, 0.3) is 0 Å². The molecule has 0 radical (unpaired) electrons. The van der Waals surface area contributed by atoms with Gasteiger partial charge in [0.15, 0.2) is 5.78 Å². The molecule has 0 aliphatic carbocycles. The number of likely N-dealkylation sites (N-methyl/N-ethyl adjacent to an activating group) is 1. The minimum absolute atomic E-state index is 0.0632. The Morgan fingerprint density at radius 2 is 1.63 bits per heavy atom. The number of carbonyl (C=O) groups excluding carboxylic acids is 3. The van der Waals surface area contributed by atoms with Gasteiger partial charge in [0.05, 0.1) is 12.6 Å². The first-order chi connectivity index (χ1) is 14.4. The van der Waals surface area contributed by atoms with Crippen molar-refractivity contribution in [3.05, 3.63) is 65.7 Å². The van der Waals surface area contributed by atoms with Crippen LogP contribution in [0.1, 0.15) is 35.3 Å². The average Bonchev–Trinajstić information content (AvgIpc) is 2.75. The number of ketones is 1. The Hall–Kier alpha value is -3.03. The molecule has 2 rings (SSSR count). The largest absolute Gasteiger partial charge is 0.383 e. The zero-order valence-corrected chi connectivity index (χ0v) is 17.7. The zero-order valence-electron chi connectivity index (χ0n) is 17.7. The van der Waals surface area contributed by atoms with E-state index in [9.17, 15) is 14.4 Å². The number of amides is 2. The van der Waals surface area contributed by atoms with Gasteiger partial charge in [-0.15, -0.1) is 0 Å². The summed E-state index contributed by atoms with van der Waals surface area (Å²) in [6.07, 6.45) is 0.649. The Morgan fingerprint density at radius 3 is 2.23 bits per heavy atom. The van der Waals surface area contributed by atoms with Gasteiger partial charge in [0, 0.05) is 31.5 Å². The fourth-order valence-corrected chi connectivity index (χ4v) is 2.92. The number of Topliss-reactive ketones (excluding diaryl/α,β-unsaturated/α-hetero) is 1. The highest BCUT2D eigenvalue weighted by Crippen LogP contribution is 2.17. The molecule has 0 saturated heterocycles. The summed E-state index contributed by atoms with van der Waals surface area (Å²) in [4.78, 5) is 38.3. The fourth-order valence-electron chi connectivity index (χ4n) is 2.92. The van der Waals surface area contributed by atoms with Gasteiger partial charge in [-0.25, -0.2) is 0 Å². The molecule has 1 atom stereocenters. The van der Waals surface area contributed by atoms with E-state index in [-0.39, 0.29) is 11.8 Å². The third-order valence-electron chi connectivity index (χ3n) is 4.74. The van der Waals surface area contributed by atoms with Gasteiger partial charge < -0.3 is 20.3 Å². The smallest absolute Gasteiger partial charge is 0.313 e. The number of rotatable bonds is 10. The number of methoxy groups -OCH3 is 1. The molecule has 0 saturated carbocycles. The molecule has 7 nitrogen and oxygen atoms in total. The van der Waals surface area contributed by atoms with Crippen LogP contribution in [-0.2, 0) is 14.3 Å². The van der Waals surface area contributed by atoms with Crippen molar-refractivity contribution in [3.63, 3.8) is 0 Å². The van der Waals surface area contributed by atoms with Crippen molar-refractivity contribution >= 4 is 23.3 Å². The summed E-state index contributed by atoms with van der Waals surface area (Å²) < 4.78 is 5.09. The van der Waals surface area contributed by atoms with E-state index in [0.29, 0.717) is 24.3 Å². The predicted octanol–water partition coefficient (Wildman–Crippen LogP) is 2.65. The van der Waals surface area contributed by atoms with Crippen LogP contribution >= 0.6 is 0 Å². The van der Waals surface area contributed by atoms with E-state index in [1.807, 2.05) is 37.4 Å². The molecule has 2 N–H and O–H groups in total. The predicted molar refractivity (Wildman–Crippen MR) is 116 cm³/mol. The molecule has 2 amide bonds. The Kier molecular flexibility index (Phi) is 9.18. The molecule has 0 spiro atoms. The van der Waals surface area contributed by atoms with Gasteiger partial charge in [-0.2, -0.15) is 0 Å². The summed E-state index contributed by atoms with van der Waals surface area (Å²) >= 11 is 0. The number of ether oxygens (including phenoxy) is 1. The molecule has 0 aliphatic rings. The SMILES string of the molecule is COCCN(C)CC[C@H](NC(=O)C(=O)Nc1ccc(C(C)=O)cc1)c1ccccc1. The van der Waals surface area contributed by atoms with Crippen molar-refractivity contribution in [2.75, 3.05) is 39.2 Å². The average molecular weight is 412 g/mol. The van der Waals surface area contributed by atoms with Crippen molar-refractivity contribution in [1.82, 2.24) is 10.2 Å². The summed E-state index contributed by atoms with van der Waals surface area (Å²) in [5.74, 6) is -1.52. The molecule has 0 heterocycles. The van der Waals surface area contributed by atoms with E-state index in [0.717, 1.165) is 18.7 Å². The number of hydrogen-bond acceptors (Lipinski definition) is 5. The van der Waals surface area contributed by atoms with Gasteiger partial charge in [-0.05, 0) is 50.2 Å². The maximum atomic E-state index is 12.5. The van der Waals surface area contributed by atoms with Gasteiger partial charge in [0.1, 0.15) is 0 Å². The first-order valence-corrected chi connectivity index (χ1v) is 9.86. The number of nitrogens with one attached hydrogen (secondary N) is 2. The number of hydrogen-bond donors (Lipinski definition) is 2. The number of benzene rings is 2. The second-order valence-corrected chi connectivity index (χ2v) is 7.11. The lowest BCUT2D eigenvalue weighted by atomic mass is 10.0. The zero-order chi connectivity index (χ0) is 21.9. The lowest BCUT2D eigenvalue weighted by Gasteiger charge is -2.23. The van der Waals surface area contributed by atoms with Crippen LogP contribution in [0.5, 0.6) is 0 Å². The van der Waals surface area contributed by atoms with Crippen molar-refractivity contribution in [2.45, 2.75) is 19.4 Å². The van der Waals surface area contributed by atoms with Crippen LogP contribution in [0.3, 0.4) is 0 Å². The molecule has 0 unspecified atom stereocenters. The Morgan fingerprint density at radius 1 is 0.967 bits per heavy atom. The molecule has 0 bridgehead atoms. The highest BCUT2D eigenvalue weighted by atomic mass is 16.5. The summed E-state index contributed by atoms with van der Waals surface area (Å²) in [5.41, 5.74) is 1.93. The van der Waals surface area contributed by atoms with E-state index >= 15 is 0 Å². The topological polar surface area (TPSA) is 87.7 Å². The second kappa shape index (κ2) is 11.8. The highest BCUT2D eigenvalue weighted by Gasteiger charge is 2.20. The van der Waals surface area contributed by atoms with Crippen LogP contribution in [0, 0.1) is 0 Å². The van der Waals surface area contributed by atoms with E-state index in [1.54, 1.807) is 31.4 Å². The van der Waals surface area contributed by atoms with Gasteiger partial charge in [-0.1, -0.05) is 30.3 Å². The van der Waals surface area contributed by atoms with Crippen LogP contribution < -0.4 is 10.6 Å². The highest BCUT2D eigenvalue weighted by molar-refractivity contribution is 6.39. The number of carbonyl (C=O) groups is 3. The monoisotopic (exact) mass is 411 g/mol. The molecule has 7 heteroatoms. The minimum atomic E-state index is -0.751. The second-order valence-electron chi connectivity index (χ2n) is 7.11. The molecule has 0 aliphatic heterocycles. The summed E-state index contributed by atoms with van der Waals surface area (Å²) in [7, 11) is 3.65. The molecule has 160 valence electrons. The first-order valence-electron chi connectivity index (χ1n) is 9.86. The summed E-state index contributed by atoms with van der Waals surface area (Å²) in [6, 6.07) is 15.7. The summed E-state index contributed by atoms with van der Waals surface area (Å²) in [5, 5.41) is 5.40. The minimum Gasteiger partial charge on any atom is -0.383 e. The number of anilines is 1. The van der Waals surface area contributed by atoms with E-state index in [4.69, 9.17) is 4.74 Å². The van der Waals surface area contributed by atoms with Crippen LogP contribution in [0.2, 0.25) is 0 Å². The van der Waals surface area contributed by atoms with Crippen molar-refractivity contribution in [3.8, 4) is 0 Å². The standard InChI is InChI=1S/C23H29N3O4/c1-17(27)18-9-11-20(12-10-18)24-22(28)23(29)25-21(19-7-5-4-6-8-19)13-14-26(2)15-16-30-3/h4-12,21H,13-16H2,1-3H3,(H,24,28)(H,25,29)/t21-/m0/s1.